The molecule has 0 aliphatic carbocycles. The molecule has 0 saturated heterocycles. The van der Waals surface area contributed by atoms with Gasteiger partial charge >= 0.3 is 0 Å². The first kappa shape index (κ1) is 28.5. The topological polar surface area (TPSA) is 134 Å². The zero-order valence-corrected chi connectivity index (χ0v) is 23.8. The largest absolute Gasteiger partial charge is 0.361 e. The lowest BCUT2D eigenvalue weighted by atomic mass is 10.00. The predicted octanol–water partition coefficient (Wildman–Crippen LogP) is 4.34. The van der Waals surface area contributed by atoms with Crippen LogP contribution in [0.25, 0.3) is 22.2 Å². The van der Waals surface area contributed by atoms with E-state index in [1.165, 1.54) is 4.90 Å². The number of nitrogens with one attached hydrogen (secondary N) is 2. The number of nitrogens with zero attached hydrogens (tertiary/aromatic N) is 2. The van der Waals surface area contributed by atoms with Gasteiger partial charge in [0.25, 0.3) is 5.91 Å². The molecule has 3 aromatic carbocycles. The fourth-order valence-corrected chi connectivity index (χ4v) is 5.17. The number of aryl methyl sites for hydroxylation is 2. The first-order valence-electron chi connectivity index (χ1n) is 13.7. The summed E-state index contributed by atoms with van der Waals surface area (Å²) in [7, 11) is 1.57. The Morgan fingerprint density at radius 3 is 2.36 bits per heavy atom. The fraction of sp³-hybridized carbons (Fsp3) is 0.212. The van der Waals surface area contributed by atoms with E-state index in [0.717, 1.165) is 38.7 Å². The van der Waals surface area contributed by atoms with Crippen LogP contribution in [0, 0.1) is 13.8 Å². The normalized spacial score (nSPS) is 12.6. The first-order chi connectivity index (χ1) is 20.2. The quantitative estimate of drug-likeness (QED) is 0.244. The van der Waals surface area contributed by atoms with Gasteiger partial charge in [0.15, 0.2) is 5.76 Å². The molecule has 0 aliphatic heterocycles. The summed E-state index contributed by atoms with van der Waals surface area (Å²) >= 11 is 0. The molecule has 2 atom stereocenters. The second-order valence-corrected chi connectivity index (χ2v) is 10.6. The summed E-state index contributed by atoms with van der Waals surface area (Å²) in [4.78, 5) is 44.9. The van der Waals surface area contributed by atoms with E-state index in [4.69, 9.17) is 10.3 Å². The van der Waals surface area contributed by atoms with Crippen molar-refractivity contribution in [2.24, 2.45) is 5.73 Å². The van der Waals surface area contributed by atoms with Gasteiger partial charge in [0.2, 0.25) is 11.8 Å². The average Bonchev–Trinajstić information content (AvgIpc) is 3.66. The third-order valence-electron chi connectivity index (χ3n) is 7.36. The van der Waals surface area contributed by atoms with Crippen LogP contribution in [0.5, 0.6) is 0 Å². The summed E-state index contributed by atoms with van der Waals surface area (Å²) < 4.78 is 5.23. The van der Waals surface area contributed by atoms with E-state index in [1.54, 1.807) is 31.4 Å². The Hall–Kier alpha value is -5.02. The highest BCUT2D eigenvalue weighted by atomic mass is 16.5. The molecule has 9 heteroatoms. The van der Waals surface area contributed by atoms with Gasteiger partial charge < -0.3 is 20.1 Å². The van der Waals surface area contributed by atoms with Crippen LogP contribution >= 0.6 is 0 Å². The highest BCUT2D eigenvalue weighted by Gasteiger charge is 2.30. The molecule has 5 aromatic rings. The second kappa shape index (κ2) is 12.2. The van der Waals surface area contributed by atoms with Crippen LogP contribution in [0.4, 0.5) is 0 Å². The van der Waals surface area contributed by atoms with Gasteiger partial charge in [-0.1, -0.05) is 64.8 Å². The third kappa shape index (κ3) is 6.31. The zero-order chi connectivity index (χ0) is 29.8. The van der Waals surface area contributed by atoms with Crippen molar-refractivity contribution in [1.82, 2.24) is 20.4 Å². The Bertz CT molecular complexity index is 1700. The van der Waals surface area contributed by atoms with Crippen LogP contribution in [0.2, 0.25) is 0 Å². The molecule has 2 heterocycles. The molecule has 0 spiro atoms. The number of fused-ring (bicyclic) bond motifs is 1. The predicted molar refractivity (Wildman–Crippen MR) is 161 cm³/mol. The van der Waals surface area contributed by atoms with E-state index in [1.807, 2.05) is 74.6 Å². The molecule has 5 rings (SSSR count). The maximum Gasteiger partial charge on any atom is 0.254 e. The number of imide groups is 1. The highest BCUT2D eigenvalue weighted by Crippen LogP contribution is 2.22. The minimum absolute atomic E-state index is 0.181. The lowest BCUT2D eigenvalue weighted by molar-refractivity contribution is -0.133. The lowest BCUT2D eigenvalue weighted by Gasteiger charge is -2.28. The maximum atomic E-state index is 13.6. The van der Waals surface area contributed by atoms with E-state index in [0.29, 0.717) is 11.3 Å². The van der Waals surface area contributed by atoms with Gasteiger partial charge in [-0.15, -0.1) is 0 Å². The number of nitrogens with two attached hydrogens (primary N) is 1. The SMILES string of the molecule is Cc1cc(C)cc(C(=O)N(C)[C@@H](Cc2ccc(-c3ccno3)cc2)C(=O)NC(=O)[C@@H](N)Cc2c[nH]c3ccccc23)c1. The Labute approximate surface area is 243 Å². The molecule has 0 unspecified atom stereocenters. The number of aromatic amines is 1. The molecule has 0 aliphatic rings. The summed E-state index contributed by atoms with van der Waals surface area (Å²) in [6, 6.07) is 20.5. The molecular weight excluding hydrogens is 530 g/mol. The number of rotatable bonds is 9. The number of H-pyrrole nitrogens is 1. The average molecular weight is 564 g/mol. The van der Waals surface area contributed by atoms with E-state index in [2.05, 4.69) is 15.5 Å². The standard InChI is InChI=1S/C33H33N5O4/c1-20-14-21(2)16-24(15-20)33(41)38(3)29(17-22-8-10-23(11-9-22)30-12-13-36-42-30)32(40)37-31(39)27(34)18-25-19-35-28-7-5-4-6-26(25)28/h4-16,19,27,29,35H,17-18,34H2,1-3H3,(H,37,39,40)/t27-,29-/m0/s1. The Morgan fingerprint density at radius 2 is 1.67 bits per heavy atom. The summed E-state index contributed by atoms with van der Waals surface area (Å²) in [6.45, 7) is 3.83. The van der Waals surface area contributed by atoms with Crippen LogP contribution in [0.15, 0.2) is 89.7 Å². The number of hydrogen-bond donors (Lipinski definition) is 3. The molecule has 0 saturated carbocycles. The monoisotopic (exact) mass is 563 g/mol. The third-order valence-corrected chi connectivity index (χ3v) is 7.36. The van der Waals surface area contributed by atoms with E-state index in [-0.39, 0.29) is 18.7 Å². The smallest absolute Gasteiger partial charge is 0.254 e. The van der Waals surface area contributed by atoms with Crippen LogP contribution < -0.4 is 11.1 Å². The van der Waals surface area contributed by atoms with E-state index in [9.17, 15) is 14.4 Å². The summed E-state index contributed by atoms with van der Waals surface area (Å²) in [5.41, 5.74) is 12.0. The van der Waals surface area contributed by atoms with Crippen molar-refractivity contribution >= 4 is 28.6 Å². The van der Waals surface area contributed by atoms with Gasteiger partial charge in [-0.2, -0.15) is 0 Å². The molecule has 0 bridgehead atoms. The van der Waals surface area contributed by atoms with Crippen molar-refractivity contribution in [3.8, 4) is 11.3 Å². The molecule has 3 amide bonds. The summed E-state index contributed by atoms with van der Waals surface area (Å²) in [6.07, 6.45) is 3.81. The van der Waals surface area contributed by atoms with E-state index >= 15 is 0 Å². The number of hydrogen-bond acceptors (Lipinski definition) is 6. The van der Waals surface area contributed by atoms with E-state index < -0.39 is 23.9 Å². The molecule has 9 nitrogen and oxygen atoms in total. The zero-order valence-electron chi connectivity index (χ0n) is 23.8. The van der Waals surface area contributed by atoms with Gasteiger partial charge in [-0.3, -0.25) is 19.7 Å². The highest BCUT2D eigenvalue weighted by molar-refractivity contribution is 6.03. The maximum absolute atomic E-state index is 13.6. The molecule has 2 aromatic heterocycles. The number of carbonyl (C=O) groups is 3. The fourth-order valence-electron chi connectivity index (χ4n) is 5.17. The van der Waals surface area contributed by atoms with Crippen molar-refractivity contribution in [1.29, 1.82) is 0 Å². The minimum Gasteiger partial charge on any atom is -0.361 e. The molecule has 214 valence electrons. The molecular formula is C33H33N5O4. The van der Waals surface area contributed by atoms with Crippen molar-refractivity contribution in [2.75, 3.05) is 7.05 Å². The van der Waals surface area contributed by atoms with Gasteiger partial charge in [0, 0.05) is 47.8 Å². The lowest BCUT2D eigenvalue weighted by Crippen LogP contribution is -2.53. The molecule has 0 radical (unpaired) electrons. The Morgan fingerprint density at radius 1 is 0.952 bits per heavy atom. The van der Waals surface area contributed by atoms with Gasteiger partial charge in [0.1, 0.15) is 6.04 Å². The van der Waals surface area contributed by atoms with Crippen LogP contribution in [0.3, 0.4) is 0 Å². The van der Waals surface area contributed by atoms with Gasteiger partial charge in [-0.25, -0.2) is 0 Å². The second-order valence-electron chi connectivity index (χ2n) is 10.6. The molecule has 0 fully saturated rings. The van der Waals surface area contributed by atoms with Crippen molar-refractivity contribution in [3.63, 3.8) is 0 Å². The molecule has 4 N–H and O–H groups in total. The van der Waals surface area contributed by atoms with Crippen molar-refractivity contribution < 1.29 is 18.9 Å². The number of benzene rings is 3. The number of likely N-dealkylation sites (N-methyl/N-ethyl adjacent to an activating group) is 1. The van der Waals surface area contributed by atoms with Crippen LogP contribution in [0.1, 0.15) is 32.6 Å². The Balaban J connectivity index is 1.35. The number of carbonyl (C=O) groups excluding carboxylic acids is 3. The number of aromatic nitrogens is 2. The Kier molecular flexibility index (Phi) is 8.31. The van der Waals surface area contributed by atoms with Gasteiger partial charge in [0.05, 0.1) is 12.2 Å². The summed E-state index contributed by atoms with van der Waals surface area (Å²) in [5, 5.41) is 7.18. The summed E-state index contributed by atoms with van der Waals surface area (Å²) in [5.74, 6) is -0.916. The van der Waals surface area contributed by atoms with Crippen molar-refractivity contribution in [3.05, 3.63) is 113 Å². The number of amides is 3. The molecule has 42 heavy (non-hydrogen) atoms. The van der Waals surface area contributed by atoms with Crippen molar-refractivity contribution in [2.45, 2.75) is 38.8 Å². The number of para-hydroxylation sites is 1. The minimum atomic E-state index is -0.973. The van der Waals surface area contributed by atoms with Crippen LogP contribution in [-0.4, -0.2) is 51.9 Å². The first-order valence-corrected chi connectivity index (χ1v) is 13.7. The van der Waals surface area contributed by atoms with Crippen LogP contribution in [-0.2, 0) is 22.4 Å². The van der Waals surface area contributed by atoms with Gasteiger partial charge in [-0.05, 0) is 49.6 Å².